The normalized spacial score (nSPS) is 23.1. The van der Waals surface area contributed by atoms with Gasteiger partial charge in [0.05, 0.1) is 12.1 Å². The standard InChI is InChI=1S/C14H19ClN2O2/c1-2-10-7-9(8-13(15)16-10)14(19)17-11-5-3-4-6-12(11)18/h7-8,11-12,18H,2-6H2,1H3,(H,17,19). The summed E-state index contributed by atoms with van der Waals surface area (Å²) in [6, 6.07) is 3.15. The molecule has 1 saturated carbocycles. The molecule has 2 unspecified atom stereocenters. The first-order valence-corrected chi connectivity index (χ1v) is 7.13. The molecule has 2 atom stereocenters. The van der Waals surface area contributed by atoms with Crippen LogP contribution in [0.15, 0.2) is 12.1 Å². The van der Waals surface area contributed by atoms with Crippen LogP contribution in [0.1, 0.15) is 48.7 Å². The Morgan fingerprint density at radius 3 is 2.89 bits per heavy atom. The van der Waals surface area contributed by atoms with Gasteiger partial charge in [-0.15, -0.1) is 0 Å². The number of halogens is 1. The van der Waals surface area contributed by atoms with Crippen molar-refractivity contribution >= 4 is 17.5 Å². The summed E-state index contributed by atoms with van der Waals surface area (Å²) in [5.74, 6) is -0.190. The lowest BCUT2D eigenvalue weighted by atomic mass is 9.92. The van der Waals surface area contributed by atoms with Gasteiger partial charge in [-0.2, -0.15) is 0 Å². The Bertz CT molecular complexity index is 465. The summed E-state index contributed by atoms with van der Waals surface area (Å²) in [6.07, 6.45) is 3.93. The summed E-state index contributed by atoms with van der Waals surface area (Å²) >= 11 is 5.90. The van der Waals surface area contributed by atoms with E-state index in [0.717, 1.165) is 37.8 Å². The van der Waals surface area contributed by atoms with Crippen LogP contribution < -0.4 is 5.32 Å². The SMILES string of the molecule is CCc1cc(C(=O)NC2CCCCC2O)cc(Cl)n1. The fraction of sp³-hybridized carbons (Fsp3) is 0.571. The first-order chi connectivity index (χ1) is 9.10. The molecule has 0 spiro atoms. The van der Waals surface area contributed by atoms with Gasteiger partial charge in [0.2, 0.25) is 0 Å². The molecule has 1 aliphatic carbocycles. The molecule has 0 aliphatic heterocycles. The molecular weight excluding hydrogens is 264 g/mol. The quantitative estimate of drug-likeness (QED) is 0.837. The fourth-order valence-electron chi connectivity index (χ4n) is 2.39. The molecule has 104 valence electrons. The number of amides is 1. The van der Waals surface area contributed by atoms with Crippen LogP contribution in [0.4, 0.5) is 0 Å². The lowest BCUT2D eigenvalue weighted by molar-refractivity contribution is 0.0717. The number of aromatic nitrogens is 1. The number of nitrogens with one attached hydrogen (secondary N) is 1. The number of aliphatic hydroxyl groups is 1. The maximum atomic E-state index is 12.2. The minimum absolute atomic E-state index is 0.154. The van der Waals surface area contributed by atoms with Gasteiger partial charge in [0.1, 0.15) is 5.15 Å². The van der Waals surface area contributed by atoms with Crippen molar-refractivity contribution in [1.29, 1.82) is 0 Å². The number of pyridine rings is 1. The van der Waals surface area contributed by atoms with Gasteiger partial charge in [-0.3, -0.25) is 4.79 Å². The highest BCUT2D eigenvalue weighted by Gasteiger charge is 2.25. The topological polar surface area (TPSA) is 62.2 Å². The molecule has 1 aromatic heterocycles. The smallest absolute Gasteiger partial charge is 0.251 e. The predicted molar refractivity (Wildman–Crippen MR) is 74.4 cm³/mol. The van der Waals surface area contributed by atoms with Crippen LogP contribution in [-0.2, 0) is 6.42 Å². The number of carbonyl (C=O) groups excluding carboxylic acids is 1. The molecule has 5 heteroatoms. The van der Waals surface area contributed by atoms with E-state index in [2.05, 4.69) is 10.3 Å². The Morgan fingerprint density at radius 1 is 1.47 bits per heavy atom. The molecule has 1 aromatic rings. The van der Waals surface area contributed by atoms with Gasteiger partial charge in [-0.1, -0.05) is 31.4 Å². The van der Waals surface area contributed by atoms with E-state index in [9.17, 15) is 9.90 Å². The second-order valence-electron chi connectivity index (χ2n) is 4.96. The molecule has 19 heavy (non-hydrogen) atoms. The van der Waals surface area contributed by atoms with Crippen LogP contribution in [0, 0.1) is 0 Å². The minimum Gasteiger partial charge on any atom is -0.391 e. The summed E-state index contributed by atoms with van der Waals surface area (Å²) in [5, 5.41) is 13.1. The molecule has 4 nitrogen and oxygen atoms in total. The first kappa shape index (κ1) is 14.3. The number of hydrogen-bond donors (Lipinski definition) is 2. The van der Waals surface area contributed by atoms with Gasteiger partial charge < -0.3 is 10.4 Å². The van der Waals surface area contributed by atoms with E-state index in [1.807, 2.05) is 6.92 Å². The summed E-state index contributed by atoms with van der Waals surface area (Å²) in [4.78, 5) is 16.3. The van der Waals surface area contributed by atoms with Crippen molar-refractivity contribution in [3.63, 3.8) is 0 Å². The number of rotatable bonds is 3. The number of aryl methyl sites for hydroxylation is 1. The van der Waals surface area contributed by atoms with Crippen molar-refractivity contribution in [1.82, 2.24) is 10.3 Å². The zero-order valence-corrected chi connectivity index (χ0v) is 11.8. The van der Waals surface area contributed by atoms with Gasteiger partial charge >= 0.3 is 0 Å². The Morgan fingerprint density at radius 2 is 2.21 bits per heavy atom. The summed E-state index contributed by atoms with van der Waals surface area (Å²) in [7, 11) is 0. The van der Waals surface area contributed by atoms with Crippen molar-refractivity contribution in [2.24, 2.45) is 0 Å². The Kier molecular flexibility index (Phi) is 4.77. The monoisotopic (exact) mass is 282 g/mol. The van der Waals surface area contributed by atoms with Crippen LogP contribution in [-0.4, -0.2) is 28.1 Å². The van der Waals surface area contributed by atoms with E-state index in [-0.39, 0.29) is 11.9 Å². The Labute approximate surface area is 118 Å². The Balaban J connectivity index is 2.08. The van der Waals surface area contributed by atoms with Crippen molar-refractivity contribution in [3.05, 3.63) is 28.5 Å². The van der Waals surface area contributed by atoms with E-state index >= 15 is 0 Å². The third-order valence-corrected chi connectivity index (χ3v) is 3.71. The average Bonchev–Trinajstić information content (AvgIpc) is 2.40. The predicted octanol–water partition coefficient (Wildman–Crippen LogP) is 2.33. The van der Waals surface area contributed by atoms with Crippen molar-refractivity contribution < 1.29 is 9.90 Å². The molecule has 0 radical (unpaired) electrons. The molecule has 1 amide bonds. The lowest BCUT2D eigenvalue weighted by Gasteiger charge is -2.28. The number of carbonyl (C=O) groups is 1. The zero-order valence-electron chi connectivity index (χ0n) is 11.0. The summed E-state index contributed by atoms with van der Waals surface area (Å²) in [6.45, 7) is 1.96. The third-order valence-electron chi connectivity index (χ3n) is 3.52. The first-order valence-electron chi connectivity index (χ1n) is 6.75. The van der Waals surface area contributed by atoms with Gasteiger partial charge in [0.25, 0.3) is 5.91 Å². The van der Waals surface area contributed by atoms with Crippen LogP contribution in [0.3, 0.4) is 0 Å². The highest BCUT2D eigenvalue weighted by molar-refractivity contribution is 6.29. The maximum absolute atomic E-state index is 12.2. The van der Waals surface area contributed by atoms with Gasteiger partial charge in [-0.05, 0) is 31.4 Å². The Hall–Kier alpha value is -1.13. The molecule has 2 N–H and O–H groups in total. The highest BCUT2D eigenvalue weighted by Crippen LogP contribution is 2.19. The van der Waals surface area contributed by atoms with Crippen LogP contribution in [0.25, 0.3) is 0 Å². The molecule has 1 heterocycles. The molecule has 0 saturated heterocycles. The summed E-state index contributed by atoms with van der Waals surface area (Å²) in [5.41, 5.74) is 1.30. The average molecular weight is 283 g/mol. The maximum Gasteiger partial charge on any atom is 0.251 e. The molecule has 0 bridgehead atoms. The molecule has 2 rings (SSSR count). The molecule has 0 aromatic carbocycles. The lowest BCUT2D eigenvalue weighted by Crippen LogP contribution is -2.45. The van der Waals surface area contributed by atoms with Gasteiger partial charge in [0.15, 0.2) is 0 Å². The third kappa shape index (κ3) is 3.67. The number of aliphatic hydroxyl groups excluding tert-OH is 1. The number of nitrogens with zero attached hydrogens (tertiary/aromatic N) is 1. The zero-order chi connectivity index (χ0) is 13.8. The van der Waals surface area contributed by atoms with Crippen molar-refractivity contribution in [2.45, 2.75) is 51.2 Å². The number of hydrogen-bond acceptors (Lipinski definition) is 3. The van der Waals surface area contributed by atoms with Crippen LogP contribution in [0.2, 0.25) is 5.15 Å². The van der Waals surface area contributed by atoms with E-state index in [4.69, 9.17) is 11.6 Å². The second kappa shape index (κ2) is 6.35. The molecule has 1 aliphatic rings. The van der Waals surface area contributed by atoms with E-state index in [1.165, 1.54) is 0 Å². The van der Waals surface area contributed by atoms with Gasteiger partial charge in [0, 0.05) is 11.3 Å². The molecular formula is C14H19ClN2O2. The largest absolute Gasteiger partial charge is 0.391 e. The molecule has 1 fully saturated rings. The van der Waals surface area contributed by atoms with E-state index in [0.29, 0.717) is 10.7 Å². The van der Waals surface area contributed by atoms with Gasteiger partial charge in [-0.25, -0.2) is 4.98 Å². The highest BCUT2D eigenvalue weighted by atomic mass is 35.5. The second-order valence-corrected chi connectivity index (χ2v) is 5.34. The minimum atomic E-state index is -0.444. The van der Waals surface area contributed by atoms with E-state index < -0.39 is 6.10 Å². The van der Waals surface area contributed by atoms with Crippen LogP contribution >= 0.6 is 11.6 Å². The van der Waals surface area contributed by atoms with Crippen LogP contribution in [0.5, 0.6) is 0 Å². The van der Waals surface area contributed by atoms with Crippen molar-refractivity contribution in [2.75, 3.05) is 0 Å². The van der Waals surface area contributed by atoms with Crippen molar-refractivity contribution in [3.8, 4) is 0 Å². The fourth-order valence-corrected chi connectivity index (χ4v) is 2.62. The van der Waals surface area contributed by atoms with E-state index in [1.54, 1.807) is 12.1 Å². The summed E-state index contributed by atoms with van der Waals surface area (Å²) < 4.78 is 0.